The van der Waals surface area contributed by atoms with Crippen LogP contribution in [-0.4, -0.2) is 48.4 Å². The summed E-state index contributed by atoms with van der Waals surface area (Å²) in [7, 11) is 0. The van der Waals surface area contributed by atoms with Gasteiger partial charge < -0.3 is 19.3 Å². The van der Waals surface area contributed by atoms with Crippen molar-refractivity contribution < 1.29 is 33.7 Å². The number of esters is 3. The van der Waals surface area contributed by atoms with Crippen LogP contribution in [-0.2, 0) is 28.6 Å². The van der Waals surface area contributed by atoms with Crippen LogP contribution >= 0.6 is 0 Å². The highest BCUT2D eigenvalue weighted by molar-refractivity contribution is 5.91. The zero-order valence-electron chi connectivity index (χ0n) is 15.0. The van der Waals surface area contributed by atoms with Crippen LogP contribution in [0.5, 0.6) is 0 Å². The lowest BCUT2D eigenvalue weighted by Gasteiger charge is -2.27. The highest BCUT2D eigenvalue weighted by Gasteiger charge is 2.44. The number of fused-ring (bicyclic) bond motifs is 1. The first-order valence-electron chi connectivity index (χ1n) is 8.50. The van der Waals surface area contributed by atoms with Gasteiger partial charge in [0.2, 0.25) is 0 Å². The predicted molar refractivity (Wildman–Crippen MR) is 91.8 cm³/mol. The summed E-state index contributed by atoms with van der Waals surface area (Å²) in [5.41, 5.74) is 1.72. The smallest absolute Gasteiger partial charge is 0.334 e. The summed E-state index contributed by atoms with van der Waals surface area (Å²) < 4.78 is 15.9. The van der Waals surface area contributed by atoms with E-state index in [0.29, 0.717) is 24.8 Å². The molecule has 0 aromatic rings. The van der Waals surface area contributed by atoms with E-state index in [9.17, 15) is 19.5 Å². The zero-order chi connectivity index (χ0) is 19.3. The van der Waals surface area contributed by atoms with Crippen molar-refractivity contribution in [2.75, 3.05) is 13.2 Å². The summed E-state index contributed by atoms with van der Waals surface area (Å²) in [6.45, 7) is 6.30. The van der Waals surface area contributed by atoms with E-state index in [-0.39, 0.29) is 18.8 Å². The van der Waals surface area contributed by atoms with E-state index in [1.54, 1.807) is 6.08 Å². The maximum Gasteiger partial charge on any atom is 0.334 e. The normalized spacial score (nSPS) is 30.2. The fraction of sp³-hybridized carbons (Fsp3) is 0.526. The number of carbonyl (C=O) groups is 3. The Hall–Kier alpha value is -2.41. The van der Waals surface area contributed by atoms with Gasteiger partial charge in [-0.05, 0) is 30.1 Å². The molecule has 0 saturated carbocycles. The van der Waals surface area contributed by atoms with Crippen molar-refractivity contribution in [1.29, 1.82) is 0 Å². The highest BCUT2D eigenvalue weighted by atomic mass is 16.6. The number of aliphatic hydroxyl groups is 1. The van der Waals surface area contributed by atoms with Crippen LogP contribution in [0.3, 0.4) is 0 Å². The molecule has 1 saturated heterocycles. The van der Waals surface area contributed by atoms with E-state index < -0.39 is 36.0 Å². The lowest BCUT2D eigenvalue weighted by Crippen LogP contribution is -2.33. The number of aliphatic hydroxyl groups excluding tert-OH is 1. The van der Waals surface area contributed by atoms with Crippen LogP contribution in [0.1, 0.15) is 33.1 Å². The molecular weight excluding hydrogens is 340 g/mol. The van der Waals surface area contributed by atoms with Gasteiger partial charge >= 0.3 is 17.9 Å². The number of hydrogen-bond acceptors (Lipinski definition) is 7. The second kappa shape index (κ2) is 8.80. The van der Waals surface area contributed by atoms with Gasteiger partial charge in [-0.25, -0.2) is 4.79 Å². The molecule has 2 aliphatic rings. The summed E-state index contributed by atoms with van der Waals surface area (Å²) in [5.74, 6) is -2.01. The lowest BCUT2D eigenvalue weighted by atomic mass is 9.85. The van der Waals surface area contributed by atoms with E-state index in [1.807, 2.05) is 6.08 Å². The fourth-order valence-electron chi connectivity index (χ4n) is 3.20. The van der Waals surface area contributed by atoms with Crippen molar-refractivity contribution in [1.82, 2.24) is 0 Å². The fourth-order valence-corrected chi connectivity index (χ4v) is 3.20. The number of hydrogen-bond donors (Lipinski definition) is 1. The summed E-state index contributed by atoms with van der Waals surface area (Å²) >= 11 is 0. The molecule has 1 aliphatic carbocycles. The number of ether oxygens (including phenoxy) is 3. The maximum atomic E-state index is 12.0. The van der Waals surface area contributed by atoms with E-state index >= 15 is 0 Å². The quantitative estimate of drug-likeness (QED) is 0.350. The molecule has 7 heteroatoms. The van der Waals surface area contributed by atoms with Crippen molar-refractivity contribution in [2.45, 2.75) is 45.3 Å². The molecule has 0 aromatic carbocycles. The highest BCUT2D eigenvalue weighted by Crippen LogP contribution is 2.36. The third-order valence-corrected chi connectivity index (χ3v) is 4.41. The van der Waals surface area contributed by atoms with Crippen LogP contribution in [0.25, 0.3) is 0 Å². The van der Waals surface area contributed by atoms with Gasteiger partial charge in [0, 0.05) is 25.8 Å². The van der Waals surface area contributed by atoms with E-state index in [2.05, 4.69) is 6.58 Å². The molecule has 1 heterocycles. The first kappa shape index (κ1) is 19.9. The molecule has 3 atom stereocenters. The van der Waals surface area contributed by atoms with Crippen molar-refractivity contribution >= 4 is 17.9 Å². The molecule has 1 aliphatic heterocycles. The average molecular weight is 364 g/mol. The Morgan fingerprint density at radius 2 is 2.04 bits per heavy atom. The van der Waals surface area contributed by atoms with Crippen LogP contribution < -0.4 is 0 Å². The van der Waals surface area contributed by atoms with Gasteiger partial charge in [-0.3, -0.25) is 9.59 Å². The Morgan fingerprint density at radius 3 is 2.65 bits per heavy atom. The van der Waals surface area contributed by atoms with Crippen molar-refractivity contribution in [3.8, 4) is 0 Å². The maximum absolute atomic E-state index is 12.0. The summed E-state index contributed by atoms with van der Waals surface area (Å²) in [4.78, 5) is 34.8. The van der Waals surface area contributed by atoms with Gasteiger partial charge in [0.05, 0.1) is 12.5 Å². The second-order valence-electron chi connectivity index (χ2n) is 6.44. The summed E-state index contributed by atoms with van der Waals surface area (Å²) in [6.07, 6.45) is 3.76. The summed E-state index contributed by atoms with van der Waals surface area (Å²) in [6, 6.07) is 0. The zero-order valence-corrected chi connectivity index (χ0v) is 15.0. The van der Waals surface area contributed by atoms with E-state index in [1.165, 1.54) is 13.8 Å². The molecule has 1 N–H and O–H groups in total. The van der Waals surface area contributed by atoms with Crippen LogP contribution in [0.4, 0.5) is 0 Å². The molecule has 2 rings (SSSR count). The number of rotatable bonds is 4. The van der Waals surface area contributed by atoms with Crippen LogP contribution in [0.15, 0.2) is 35.5 Å². The van der Waals surface area contributed by atoms with Crippen molar-refractivity contribution in [3.63, 3.8) is 0 Å². The van der Waals surface area contributed by atoms with E-state index in [0.717, 1.165) is 5.57 Å². The third kappa shape index (κ3) is 5.05. The Labute approximate surface area is 152 Å². The Bertz CT molecular complexity index is 659. The average Bonchev–Trinajstić information content (AvgIpc) is 2.84. The van der Waals surface area contributed by atoms with Gasteiger partial charge in [0.15, 0.2) is 0 Å². The number of allylic oxidation sites excluding steroid dienone is 1. The van der Waals surface area contributed by atoms with Crippen LogP contribution in [0, 0.1) is 5.92 Å². The monoisotopic (exact) mass is 364 g/mol. The minimum Gasteiger partial charge on any atom is -0.461 e. The molecule has 7 nitrogen and oxygen atoms in total. The second-order valence-corrected chi connectivity index (χ2v) is 6.44. The molecular formula is C19H24O7. The predicted octanol–water partition coefficient (Wildman–Crippen LogP) is 1.61. The number of carbonyl (C=O) groups excluding carboxylic acids is 3. The van der Waals surface area contributed by atoms with Crippen LogP contribution in [0.2, 0.25) is 0 Å². The lowest BCUT2D eigenvalue weighted by molar-refractivity contribution is -0.149. The van der Waals surface area contributed by atoms with E-state index in [4.69, 9.17) is 14.2 Å². The summed E-state index contributed by atoms with van der Waals surface area (Å²) in [5, 5.41) is 9.57. The van der Waals surface area contributed by atoms with Crippen molar-refractivity contribution in [2.24, 2.45) is 5.92 Å². The topological polar surface area (TPSA) is 99.1 Å². The molecule has 0 unspecified atom stereocenters. The molecule has 0 radical (unpaired) electrons. The molecule has 0 spiro atoms. The first-order chi connectivity index (χ1) is 12.3. The Balaban J connectivity index is 2.38. The third-order valence-electron chi connectivity index (χ3n) is 4.41. The molecule has 0 aromatic heterocycles. The van der Waals surface area contributed by atoms with Gasteiger partial charge in [-0.15, -0.1) is 0 Å². The molecule has 142 valence electrons. The molecule has 26 heavy (non-hydrogen) atoms. The Morgan fingerprint density at radius 1 is 1.31 bits per heavy atom. The van der Waals surface area contributed by atoms with Gasteiger partial charge in [-0.2, -0.15) is 0 Å². The minimum atomic E-state index is -0.687. The van der Waals surface area contributed by atoms with Gasteiger partial charge in [0.1, 0.15) is 18.8 Å². The first-order valence-corrected chi connectivity index (χ1v) is 8.50. The molecule has 0 bridgehead atoms. The van der Waals surface area contributed by atoms with Crippen molar-refractivity contribution in [3.05, 3.63) is 35.5 Å². The SMILES string of the molecule is C=C1C(=O)O[C@@H]2/C=C(\CO)CC/C=C(\COC(C)=O)C[C@H](OC(C)=O)[C@@H]12. The largest absolute Gasteiger partial charge is 0.461 e. The Kier molecular flexibility index (Phi) is 6.74. The molecule has 1 fully saturated rings. The standard InChI is InChI=1S/C19H24O7/c1-11-18-16(25-13(3)22)8-15(10-24-12(2)21)6-4-5-14(9-20)7-17(18)26-19(11)23/h6-7,16-18,20H,1,4-5,8-10H2,2-3H3/b14-7-,15-6-/t16-,17+,18+/m0/s1. The minimum absolute atomic E-state index is 0.0734. The molecule has 0 amide bonds. The van der Waals surface area contributed by atoms with Gasteiger partial charge in [-0.1, -0.05) is 12.7 Å². The van der Waals surface area contributed by atoms with Gasteiger partial charge in [0.25, 0.3) is 0 Å².